The van der Waals surface area contributed by atoms with Crippen LogP contribution in [-0.4, -0.2) is 19.7 Å². The molecule has 108 valence electrons. The summed E-state index contributed by atoms with van der Waals surface area (Å²) in [7, 11) is 0. The Morgan fingerprint density at radius 3 is 2.64 bits per heavy atom. The van der Waals surface area contributed by atoms with Crippen molar-refractivity contribution in [2.45, 2.75) is 13.8 Å². The van der Waals surface area contributed by atoms with Crippen molar-refractivity contribution in [3.63, 3.8) is 0 Å². The topological polar surface area (TPSA) is 43.6 Å². The zero-order valence-electron chi connectivity index (χ0n) is 12.3. The van der Waals surface area contributed by atoms with Gasteiger partial charge in [0, 0.05) is 5.56 Å². The van der Waals surface area contributed by atoms with Crippen LogP contribution < -0.4 is 0 Å². The Kier molecular flexibility index (Phi) is 3.01. The SMILES string of the molecule is Cc1cccc(C)c1-n1ncnc1-c1ccc2scnc2c1. The molecule has 0 unspecified atom stereocenters. The summed E-state index contributed by atoms with van der Waals surface area (Å²) in [5.74, 6) is 0.840. The van der Waals surface area contributed by atoms with Gasteiger partial charge in [0.2, 0.25) is 0 Å². The molecule has 4 nitrogen and oxygen atoms in total. The van der Waals surface area contributed by atoms with Gasteiger partial charge in [-0.25, -0.2) is 14.6 Å². The highest BCUT2D eigenvalue weighted by atomic mass is 32.1. The van der Waals surface area contributed by atoms with Gasteiger partial charge in [-0.3, -0.25) is 0 Å². The summed E-state index contributed by atoms with van der Waals surface area (Å²) in [5, 5.41) is 4.44. The molecule has 0 saturated carbocycles. The zero-order chi connectivity index (χ0) is 15.1. The molecule has 0 spiro atoms. The van der Waals surface area contributed by atoms with Crippen LogP contribution in [0.25, 0.3) is 27.3 Å². The van der Waals surface area contributed by atoms with Crippen LogP contribution in [0.3, 0.4) is 0 Å². The fourth-order valence-corrected chi connectivity index (χ4v) is 3.40. The first kappa shape index (κ1) is 13.2. The largest absolute Gasteiger partial charge is 0.245 e. The molecule has 0 saturated heterocycles. The maximum Gasteiger partial charge on any atom is 0.163 e. The quantitative estimate of drug-likeness (QED) is 0.558. The average Bonchev–Trinajstić information content (AvgIpc) is 3.15. The van der Waals surface area contributed by atoms with Crippen LogP contribution in [0, 0.1) is 13.8 Å². The monoisotopic (exact) mass is 306 g/mol. The van der Waals surface area contributed by atoms with Crippen LogP contribution in [0.15, 0.2) is 48.2 Å². The molecule has 0 aliphatic rings. The summed E-state index contributed by atoms with van der Waals surface area (Å²) < 4.78 is 3.10. The van der Waals surface area contributed by atoms with Crippen LogP contribution in [0.4, 0.5) is 0 Å². The average molecular weight is 306 g/mol. The second-order valence-electron chi connectivity index (χ2n) is 5.27. The van der Waals surface area contributed by atoms with E-state index < -0.39 is 0 Å². The lowest BCUT2D eigenvalue weighted by atomic mass is 10.1. The van der Waals surface area contributed by atoms with E-state index in [4.69, 9.17) is 0 Å². The summed E-state index contributed by atoms with van der Waals surface area (Å²) in [6.07, 6.45) is 1.60. The third kappa shape index (κ3) is 2.02. The summed E-state index contributed by atoms with van der Waals surface area (Å²) in [6, 6.07) is 12.5. The van der Waals surface area contributed by atoms with Crippen molar-refractivity contribution in [2.24, 2.45) is 0 Å². The third-order valence-electron chi connectivity index (χ3n) is 3.79. The number of hydrogen-bond donors (Lipinski definition) is 0. The van der Waals surface area contributed by atoms with Crippen molar-refractivity contribution in [3.8, 4) is 17.1 Å². The molecule has 4 rings (SSSR count). The molecule has 0 radical (unpaired) electrons. The number of fused-ring (bicyclic) bond motifs is 1. The number of benzene rings is 2. The molecule has 4 aromatic rings. The number of para-hydroxylation sites is 1. The number of rotatable bonds is 2. The van der Waals surface area contributed by atoms with Crippen molar-refractivity contribution >= 4 is 21.6 Å². The fraction of sp³-hybridized carbons (Fsp3) is 0.118. The van der Waals surface area contributed by atoms with E-state index in [2.05, 4.69) is 65.3 Å². The Hall–Kier alpha value is -2.53. The minimum atomic E-state index is 0.840. The molecule has 0 aliphatic carbocycles. The van der Waals surface area contributed by atoms with E-state index >= 15 is 0 Å². The van der Waals surface area contributed by atoms with Crippen molar-refractivity contribution in [2.75, 3.05) is 0 Å². The number of nitrogens with zero attached hydrogens (tertiary/aromatic N) is 4. The first-order chi connectivity index (χ1) is 10.7. The number of hydrogen-bond acceptors (Lipinski definition) is 4. The van der Waals surface area contributed by atoms with Gasteiger partial charge in [-0.05, 0) is 43.2 Å². The smallest absolute Gasteiger partial charge is 0.163 e. The van der Waals surface area contributed by atoms with Crippen LogP contribution >= 0.6 is 11.3 Å². The Labute approximate surface area is 132 Å². The van der Waals surface area contributed by atoms with E-state index in [0.717, 1.165) is 22.6 Å². The Bertz CT molecular complexity index is 947. The number of aromatic nitrogens is 4. The predicted octanol–water partition coefficient (Wildman–Crippen LogP) is 4.16. The van der Waals surface area contributed by atoms with Crippen molar-refractivity contribution < 1.29 is 0 Å². The molecule has 5 heteroatoms. The molecule has 0 aliphatic heterocycles. The van der Waals surface area contributed by atoms with Gasteiger partial charge < -0.3 is 0 Å². The maximum absolute atomic E-state index is 4.46. The van der Waals surface area contributed by atoms with Gasteiger partial charge in [-0.2, -0.15) is 5.10 Å². The highest BCUT2D eigenvalue weighted by Crippen LogP contribution is 2.27. The summed E-state index contributed by atoms with van der Waals surface area (Å²) in [5.41, 5.74) is 7.35. The second-order valence-corrected chi connectivity index (χ2v) is 6.16. The van der Waals surface area contributed by atoms with E-state index in [1.54, 1.807) is 17.7 Å². The molecule has 2 aromatic carbocycles. The highest BCUT2D eigenvalue weighted by Gasteiger charge is 2.13. The van der Waals surface area contributed by atoms with E-state index in [0.29, 0.717) is 0 Å². The molecule has 2 heterocycles. The lowest BCUT2D eigenvalue weighted by Crippen LogP contribution is -2.04. The first-order valence-electron chi connectivity index (χ1n) is 7.04. The van der Waals surface area contributed by atoms with Crippen LogP contribution in [0.5, 0.6) is 0 Å². The van der Waals surface area contributed by atoms with Crippen molar-refractivity contribution in [1.29, 1.82) is 0 Å². The third-order valence-corrected chi connectivity index (χ3v) is 4.60. The van der Waals surface area contributed by atoms with Gasteiger partial charge in [0.05, 0.1) is 21.4 Å². The molecule has 0 atom stereocenters. The zero-order valence-corrected chi connectivity index (χ0v) is 13.1. The van der Waals surface area contributed by atoms with Gasteiger partial charge >= 0.3 is 0 Å². The van der Waals surface area contributed by atoms with Gasteiger partial charge in [0.15, 0.2) is 5.82 Å². The van der Waals surface area contributed by atoms with E-state index in [9.17, 15) is 0 Å². The number of thiazole rings is 1. The van der Waals surface area contributed by atoms with Crippen LogP contribution in [-0.2, 0) is 0 Å². The van der Waals surface area contributed by atoms with Crippen molar-refractivity contribution in [3.05, 3.63) is 59.4 Å². The van der Waals surface area contributed by atoms with E-state index in [-0.39, 0.29) is 0 Å². The highest BCUT2D eigenvalue weighted by molar-refractivity contribution is 7.16. The predicted molar refractivity (Wildman–Crippen MR) is 89.4 cm³/mol. The Balaban J connectivity index is 1.93. The Morgan fingerprint density at radius 1 is 1.00 bits per heavy atom. The minimum absolute atomic E-state index is 0.840. The molecular weight excluding hydrogens is 292 g/mol. The molecule has 22 heavy (non-hydrogen) atoms. The normalized spacial score (nSPS) is 11.2. The van der Waals surface area contributed by atoms with E-state index in [1.807, 2.05) is 10.2 Å². The number of aryl methyl sites for hydroxylation is 2. The fourth-order valence-electron chi connectivity index (χ4n) is 2.74. The Morgan fingerprint density at radius 2 is 1.82 bits per heavy atom. The second kappa shape index (κ2) is 5.03. The van der Waals surface area contributed by atoms with Crippen LogP contribution in [0.2, 0.25) is 0 Å². The van der Waals surface area contributed by atoms with Gasteiger partial charge in [-0.15, -0.1) is 11.3 Å². The standard InChI is InChI=1S/C17H14N4S/c1-11-4-3-5-12(2)16(11)21-17(18-9-20-21)13-6-7-15-14(8-13)19-10-22-15/h3-10H,1-2H3. The van der Waals surface area contributed by atoms with Crippen molar-refractivity contribution in [1.82, 2.24) is 19.7 Å². The maximum atomic E-state index is 4.46. The molecule has 2 aromatic heterocycles. The molecule has 0 fully saturated rings. The molecular formula is C17H14N4S. The lowest BCUT2D eigenvalue weighted by Gasteiger charge is -2.12. The summed E-state index contributed by atoms with van der Waals surface area (Å²) >= 11 is 1.64. The molecule has 0 N–H and O–H groups in total. The van der Waals surface area contributed by atoms with Gasteiger partial charge in [0.1, 0.15) is 6.33 Å². The van der Waals surface area contributed by atoms with Gasteiger partial charge in [0.25, 0.3) is 0 Å². The molecule has 0 bridgehead atoms. The van der Waals surface area contributed by atoms with Crippen LogP contribution in [0.1, 0.15) is 11.1 Å². The van der Waals surface area contributed by atoms with Gasteiger partial charge in [-0.1, -0.05) is 18.2 Å². The first-order valence-corrected chi connectivity index (χ1v) is 7.92. The minimum Gasteiger partial charge on any atom is -0.245 e. The lowest BCUT2D eigenvalue weighted by molar-refractivity contribution is 0.871. The summed E-state index contributed by atoms with van der Waals surface area (Å²) in [6.45, 7) is 4.19. The molecule has 0 amide bonds. The summed E-state index contributed by atoms with van der Waals surface area (Å²) in [4.78, 5) is 8.85. The van der Waals surface area contributed by atoms with E-state index in [1.165, 1.54) is 15.8 Å².